The zero-order valence-electron chi connectivity index (χ0n) is 26.9. The fraction of sp³-hybridized carbons (Fsp3) is 0.844. The van der Waals surface area contributed by atoms with E-state index < -0.39 is 8.07 Å². The zero-order valence-corrected chi connectivity index (χ0v) is 31.5. The van der Waals surface area contributed by atoms with Gasteiger partial charge in [0, 0.05) is 8.07 Å². The number of hydrogen-bond donors (Lipinski definition) is 0. The predicted octanol–water partition coefficient (Wildman–Crippen LogP) is 10.8. The zero-order chi connectivity index (χ0) is 27.8. The van der Waals surface area contributed by atoms with Crippen molar-refractivity contribution in [3.05, 3.63) is 40.2 Å². The summed E-state index contributed by atoms with van der Waals surface area (Å²) in [6.45, 7) is 26.8. The Hall–Kier alpha value is 0.317. The van der Waals surface area contributed by atoms with E-state index in [2.05, 4.69) is 101 Å². The minimum atomic E-state index is -0.981. The summed E-state index contributed by atoms with van der Waals surface area (Å²) in [4.78, 5) is 0. The molecule has 1 aromatic rings. The van der Waals surface area contributed by atoms with Crippen LogP contribution < -0.4 is 5.19 Å². The third kappa shape index (κ3) is 43.6. The monoisotopic (exact) mass is 701 g/mol. The maximum Gasteiger partial charge on any atom is 4.00 e. The average Bonchev–Trinajstić information content (AvgIpc) is 3.41. The molecule has 0 fully saturated rings. The van der Waals surface area contributed by atoms with E-state index in [0.29, 0.717) is 0 Å². The van der Waals surface area contributed by atoms with Gasteiger partial charge in [-0.25, -0.2) is 12.1 Å². The molecule has 0 aliphatic carbocycles. The molecule has 1 rings (SSSR count). The van der Waals surface area contributed by atoms with Gasteiger partial charge in [-0.1, -0.05) is 138 Å². The second-order valence-electron chi connectivity index (χ2n) is 10.6. The molecule has 0 aromatic heterocycles. The van der Waals surface area contributed by atoms with E-state index in [-0.39, 0.29) is 25.8 Å². The van der Waals surface area contributed by atoms with Crippen molar-refractivity contribution in [1.82, 2.24) is 0 Å². The topological polar surface area (TPSA) is 42.3 Å². The average molecular weight is 700 g/mol. The Morgan fingerprint density at radius 2 is 0.676 bits per heavy atom. The van der Waals surface area contributed by atoms with E-state index in [0.717, 1.165) is 39.3 Å². The Bertz CT molecular complexity index is 410. The van der Waals surface area contributed by atoms with Crippen LogP contribution in [0.1, 0.15) is 119 Å². The molecule has 0 radical (unpaired) electrons. The molecule has 5 heteroatoms. The van der Waals surface area contributed by atoms with Gasteiger partial charge in [-0.2, -0.15) is 17.3 Å². The third-order valence-electron chi connectivity index (χ3n) is 5.55. The van der Waals surface area contributed by atoms with E-state index in [1.165, 1.54) is 77.0 Å². The van der Waals surface area contributed by atoms with Crippen molar-refractivity contribution in [1.29, 1.82) is 0 Å². The van der Waals surface area contributed by atoms with Crippen molar-refractivity contribution < 1.29 is 25.8 Å². The summed E-state index contributed by atoms with van der Waals surface area (Å²) >= 11 is 0. The molecule has 0 aliphatic rings. The summed E-state index contributed by atoms with van der Waals surface area (Å²) in [6, 6.07) is 8.69. The summed E-state index contributed by atoms with van der Waals surface area (Å²) in [6.07, 6.45) is 15.2. The summed E-state index contributed by atoms with van der Waals surface area (Å²) in [5, 5.41) is 14.6. The molecule has 3 nitrogen and oxygen atoms in total. The van der Waals surface area contributed by atoms with Crippen LogP contribution in [-0.4, -0.2) is 47.3 Å². The molecule has 0 saturated heterocycles. The van der Waals surface area contributed by atoms with Crippen LogP contribution in [0.2, 0.25) is 19.6 Å². The van der Waals surface area contributed by atoms with Gasteiger partial charge in [0.25, 0.3) is 0 Å². The van der Waals surface area contributed by atoms with E-state index in [1.54, 1.807) is 5.19 Å². The summed E-state index contributed by atoms with van der Waals surface area (Å²) in [5.41, 5.74) is 0. The molecule has 0 bridgehead atoms. The van der Waals surface area contributed by atoms with Crippen LogP contribution in [0.15, 0.2) is 24.3 Å². The summed E-state index contributed by atoms with van der Waals surface area (Å²) < 4.78 is 0. The van der Waals surface area contributed by atoms with Gasteiger partial charge in [-0.15, -0.1) is 39.3 Å². The molecule has 0 saturated carbocycles. The fourth-order valence-electron chi connectivity index (χ4n) is 2.83. The molecule has 37 heavy (non-hydrogen) atoms. The van der Waals surface area contributed by atoms with Gasteiger partial charge in [0.05, 0.1) is 0 Å². The quantitative estimate of drug-likeness (QED) is 0.0784. The number of hydrogen-bond acceptors (Lipinski definition) is 0. The predicted molar refractivity (Wildman–Crippen MR) is 174 cm³/mol. The van der Waals surface area contributed by atoms with Crippen molar-refractivity contribution in [2.75, 3.05) is 39.3 Å². The van der Waals surface area contributed by atoms with Gasteiger partial charge in [-0.3, -0.25) is 0 Å². The van der Waals surface area contributed by atoms with Gasteiger partial charge in [0.15, 0.2) is 0 Å². The van der Waals surface area contributed by atoms with E-state index in [9.17, 15) is 0 Å². The molecular weight excluding hydrogens is 633 g/mol. The molecule has 0 unspecified atom stereocenters. The minimum absolute atomic E-state index is 0. The van der Waals surface area contributed by atoms with E-state index >= 15 is 0 Å². The van der Waals surface area contributed by atoms with Crippen LogP contribution >= 0.6 is 0 Å². The van der Waals surface area contributed by atoms with Gasteiger partial charge >= 0.3 is 25.8 Å². The molecule has 0 spiro atoms. The van der Waals surface area contributed by atoms with Gasteiger partial charge in [0.2, 0.25) is 0 Å². The van der Waals surface area contributed by atoms with Crippen molar-refractivity contribution >= 4 is 13.3 Å². The molecule has 0 heterocycles. The van der Waals surface area contributed by atoms with Crippen molar-refractivity contribution in [2.24, 2.45) is 0 Å². The number of nitrogens with zero attached hydrogens (tertiary/aromatic N) is 3. The van der Waals surface area contributed by atoms with Crippen molar-refractivity contribution in [2.45, 2.75) is 138 Å². The maximum atomic E-state index is 4.35. The van der Waals surface area contributed by atoms with Crippen LogP contribution in [-0.2, 0) is 25.8 Å². The minimum Gasteiger partial charge on any atom is -0.662 e. The van der Waals surface area contributed by atoms with E-state index in [1.807, 2.05) is 0 Å². The van der Waals surface area contributed by atoms with Gasteiger partial charge < -0.3 is 16.0 Å². The first-order valence-corrected chi connectivity index (χ1v) is 19.0. The molecule has 1 aromatic carbocycles. The summed E-state index contributed by atoms with van der Waals surface area (Å²) in [5.74, 6) is 0. The second-order valence-corrected chi connectivity index (χ2v) is 15.6. The van der Waals surface area contributed by atoms with Crippen LogP contribution in [0.3, 0.4) is 0 Å². The normalized spacial score (nSPS) is 10.2. The Balaban J connectivity index is -0.000000194. The molecule has 0 N–H and O–H groups in total. The number of rotatable bonds is 19. The van der Waals surface area contributed by atoms with Crippen LogP contribution in [0.4, 0.5) is 0 Å². The first-order valence-electron chi connectivity index (χ1n) is 15.5. The van der Waals surface area contributed by atoms with Crippen LogP contribution in [0, 0.1) is 0 Å². The number of unbranched alkanes of at least 4 members (excludes halogenated alkanes) is 6. The second kappa shape index (κ2) is 38.5. The molecule has 0 aliphatic heterocycles. The molecular formula is C32H67HfN3Si. The summed E-state index contributed by atoms with van der Waals surface area (Å²) in [7, 11) is -0.981. The Morgan fingerprint density at radius 1 is 0.459 bits per heavy atom. The standard InChI is InChI=1S/3C8H18N.C8H13Si.Hf/c3*1-3-5-7-9-8-6-4-2;1-9(2,3)8-6-4-5-7-8;/h3*3-8H2,1-2H3;4-7H,1-3H3;/q4*-1;+4. The Morgan fingerprint density at radius 3 is 0.811 bits per heavy atom. The molecule has 0 amide bonds. The van der Waals surface area contributed by atoms with Gasteiger partial charge in [-0.05, 0) is 0 Å². The SMILES string of the molecule is CCCC[N-]CCCC.CCCC[N-]CCCC.CCCC[N-]CCCC.C[Si](C)(C)[c-]1cccc1.[Hf+4]. The van der Waals surface area contributed by atoms with Crippen molar-refractivity contribution in [3.63, 3.8) is 0 Å². The van der Waals surface area contributed by atoms with E-state index in [4.69, 9.17) is 0 Å². The maximum absolute atomic E-state index is 4.35. The molecule has 218 valence electrons. The third-order valence-corrected chi connectivity index (χ3v) is 7.61. The fourth-order valence-corrected chi connectivity index (χ4v) is 4.02. The van der Waals surface area contributed by atoms with Crippen LogP contribution in [0.25, 0.3) is 16.0 Å². The first-order chi connectivity index (χ1) is 17.3. The smallest absolute Gasteiger partial charge is 0.662 e. The first kappa shape index (κ1) is 44.3. The van der Waals surface area contributed by atoms with Crippen LogP contribution in [0.5, 0.6) is 0 Å². The Kier molecular flexibility index (Phi) is 46.1. The largest absolute Gasteiger partial charge is 4.00 e. The van der Waals surface area contributed by atoms with Crippen molar-refractivity contribution in [3.8, 4) is 0 Å². The Labute approximate surface area is 255 Å². The van der Waals surface area contributed by atoms with Gasteiger partial charge in [0.1, 0.15) is 0 Å². The molecule has 0 atom stereocenters.